The maximum atomic E-state index is 10.5. The van der Waals surface area contributed by atoms with Crippen molar-refractivity contribution in [3.8, 4) is 11.8 Å². The Labute approximate surface area is 205 Å². The van der Waals surface area contributed by atoms with Gasteiger partial charge in [0.2, 0.25) is 6.29 Å². The van der Waals surface area contributed by atoms with Crippen molar-refractivity contribution in [3.63, 3.8) is 0 Å². The van der Waals surface area contributed by atoms with Crippen molar-refractivity contribution in [2.24, 2.45) is 0 Å². The van der Waals surface area contributed by atoms with Gasteiger partial charge in [0.15, 0.2) is 0 Å². The van der Waals surface area contributed by atoms with Gasteiger partial charge < -0.3 is 39.2 Å². The SMILES string of the molecule is Cc1c(Cc2ccc(C(C)(C)C#N)cc2)c(O[C@@H]2O[C@H](CO)[C@@H](O)[C@H](O)[C@H]2O)cn1C1CCOC1. The number of aliphatic hydroxyl groups excluding tert-OH is 4. The van der Waals surface area contributed by atoms with Crippen molar-refractivity contribution in [3.05, 3.63) is 52.8 Å². The Balaban J connectivity index is 1.64. The fraction of sp³-hybridized carbons (Fsp3) is 0.577. The molecule has 1 aromatic carbocycles. The van der Waals surface area contributed by atoms with Gasteiger partial charge in [-0.3, -0.25) is 0 Å². The standard InChI is InChI=1S/C26H34N2O7/c1-15-19(10-16-4-6-17(7-5-16)26(2,3)14-27)20(11-28(15)18-8-9-33-13-18)34-25-24(32)23(31)22(30)21(12-29)35-25/h4-7,11,18,21-25,29-32H,8-10,12-13H2,1-3H3/t18?,21-,22-,23+,24-,25-/m1/s1. The lowest BCUT2D eigenvalue weighted by atomic mass is 9.85. The second-order valence-electron chi connectivity index (χ2n) is 9.91. The van der Waals surface area contributed by atoms with Crippen LogP contribution in [0.3, 0.4) is 0 Å². The topological polar surface area (TPSA) is 137 Å². The number of nitriles is 1. The van der Waals surface area contributed by atoms with Crippen molar-refractivity contribution < 1.29 is 34.6 Å². The molecule has 2 fully saturated rings. The highest BCUT2D eigenvalue weighted by Gasteiger charge is 2.45. The Morgan fingerprint density at radius 3 is 2.46 bits per heavy atom. The number of aliphatic hydroxyl groups is 4. The van der Waals surface area contributed by atoms with Gasteiger partial charge in [-0.05, 0) is 38.3 Å². The summed E-state index contributed by atoms with van der Waals surface area (Å²) in [6.07, 6.45) is -3.52. The summed E-state index contributed by atoms with van der Waals surface area (Å²) in [5.41, 5.74) is 3.24. The van der Waals surface area contributed by atoms with Crippen LogP contribution in [0.25, 0.3) is 0 Å². The number of ether oxygens (including phenoxy) is 3. The van der Waals surface area contributed by atoms with Gasteiger partial charge >= 0.3 is 0 Å². The third-order valence-corrected chi connectivity index (χ3v) is 7.10. The lowest BCUT2D eigenvalue weighted by Gasteiger charge is -2.39. The first kappa shape index (κ1) is 25.6. The van der Waals surface area contributed by atoms with Crippen molar-refractivity contribution in [1.29, 1.82) is 5.26 Å². The Morgan fingerprint density at radius 2 is 1.86 bits per heavy atom. The van der Waals surface area contributed by atoms with Gasteiger partial charge in [0, 0.05) is 30.5 Å². The molecule has 1 aromatic heterocycles. The van der Waals surface area contributed by atoms with Crippen LogP contribution in [-0.2, 0) is 21.3 Å². The number of rotatable bonds is 7. The number of hydrogen-bond donors (Lipinski definition) is 4. The highest BCUT2D eigenvalue weighted by molar-refractivity contribution is 5.43. The molecule has 2 aliphatic rings. The summed E-state index contributed by atoms with van der Waals surface area (Å²) in [5, 5.41) is 49.7. The Hall–Kier alpha value is -2.45. The average Bonchev–Trinajstić information content (AvgIpc) is 3.49. The van der Waals surface area contributed by atoms with E-state index in [9.17, 15) is 25.7 Å². The molecule has 0 bridgehead atoms. The van der Waals surface area contributed by atoms with Crippen LogP contribution in [0.5, 0.6) is 5.75 Å². The molecule has 0 aliphatic carbocycles. The van der Waals surface area contributed by atoms with Gasteiger partial charge in [-0.25, -0.2) is 0 Å². The first-order valence-electron chi connectivity index (χ1n) is 11.9. The van der Waals surface area contributed by atoms with Crippen LogP contribution in [0, 0.1) is 18.3 Å². The molecule has 0 spiro atoms. The highest BCUT2D eigenvalue weighted by atomic mass is 16.7. The summed E-state index contributed by atoms with van der Waals surface area (Å²) >= 11 is 0. The molecule has 190 valence electrons. The molecule has 2 saturated heterocycles. The van der Waals surface area contributed by atoms with Crippen molar-refractivity contribution in [1.82, 2.24) is 4.57 Å². The summed E-state index contributed by atoms with van der Waals surface area (Å²) in [5.74, 6) is 0.486. The molecule has 6 atom stereocenters. The molecule has 1 unspecified atom stereocenters. The van der Waals surface area contributed by atoms with E-state index in [2.05, 4.69) is 10.6 Å². The second kappa shape index (κ2) is 10.3. The molecular weight excluding hydrogens is 452 g/mol. The maximum absolute atomic E-state index is 10.5. The van der Waals surface area contributed by atoms with Crippen LogP contribution < -0.4 is 4.74 Å². The quantitative estimate of drug-likeness (QED) is 0.460. The van der Waals surface area contributed by atoms with Gasteiger partial charge in [0.1, 0.15) is 30.2 Å². The van der Waals surface area contributed by atoms with E-state index in [1.165, 1.54) is 0 Å². The lowest BCUT2D eigenvalue weighted by molar-refractivity contribution is -0.277. The molecular formula is C26H34N2O7. The van der Waals surface area contributed by atoms with E-state index >= 15 is 0 Å². The normalized spacial score (nSPS) is 29.2. The Morgan fingerprint density at radius 1 is 1.14 bits per heavy atom. The van der Waals surface area contributed by atoms with Crippen molar-refractivity contribution >= 4 is 0 Å². The van der Waals surface area contributed by atoms with Crippen molar-refractivity contribution in [2.75, 3.05) is 19.8 Å². The van der Waals surface area contributed by atoms with Crippen LogP contribution in [-0.4, -0.2) is 75.5 Å². The summed E-state index contributed by atoms with van der Waals surface area (Å²) < 4.78 is 19.3. The van der Waals surface area contributed by atoms with E-state index < -0.39 is 42.7 Å². The average molecular weight is 487 g/mol. The highest BCUT2D eigenvalue weighted by Crippen LogP contribution is 2.35. The first-order chi connectivity index (χ1) is 16.7. The molecule has 35 heavy (non-hydrogen) atoms. The van der Waals surface area contributed by atoms with Crippen LogP contribution >= 0.6 is 0 Å². The first-order valence-corrected chi connectivity index (χ1v) is 11.9. The minimum absolute atomic E-state index is 0.153. The number of aromatic nitrogens is 1. The predicted octanol–water partition coefficient (Wildman–Crippen LogP) is 1.33. The number of hydrogen-bond acceptors (Lipinski definition) is 8. The summed E-state index contributed by atoms with van der Waals surface area (Å²) in [6, 6.07) is 10.3. The van der Waals surface area contributed by atoms with Gasteiger partial charge in [0.25, 0.3) is 0 Å². The smallest absolute Gasteiger partial charge is 0.229 e. The van der Waals surface area contributed by atoms with E-state index in [0.29, 0.717) is 25.4 Å². The molecule has 9 nitrogen and oxygen atoms in total. The minimum atomic E-state index is -1.52. The minimum Gasteiger partial charge on any atom is -0.460 e. The fourth-order valence-corrected chi connectivity index (χ4v) is 4.67. The lowest BCUT2D eigenvalue weighted by Crippen LogP contribution is -2.60. The largest absolute Gasteiger partial charge is 0.460 e. The molecule has 4 N–H and O–H groups in total. The molecule has 4 rings (SSSR count). The molecule has 2 aromatic rings. The zero-order valence-corrected chi connectivity index (χ0v) is 20.3. The number of benzene rings is 1. The molecule has 3 heterocycles. The van der Waals surface area contributed by atoms with E-state index in [1.54, 1.807) is 0 Å². The third kappa shape index (κ3) is 5.09. The Kier molecular flexibility index (Phi) is 7.52. The zero-order chi connectivity index (χ0) is 25.3. The van der Waals surface area contributed by atoms with Crippen LogP contribution in [0.15, 0.2) is 30.5 Å². The fourth-order valence-electron chi connectivity index (χ4n) is 4.67. The van der Waals surface area contributed by atoms with Crippen LogP contribution in [0.4, 0.5) is 0 Å². The molecule has 9 heteroatoms. The summed E-state index contributed by atoms with van der Waals surface area (Å²) in [4.78, 5) is 0. The molecule has 0 amide bonds. The van der Waals surface area contributed by atoms with Crippen LogP contribution in [0.2, 0.25) is 0 Å². The molecule has 0 saturated carbocycles. The Bertz CT molecular complexity index is 1050. The van der Waals surface area contributed by atoms with E-state index in [-0.39, 0.29) is 6.04 Å². The monoisotopic (exact) mass is 486 g/mol. The van der Waals surface area contributed by atoms with Gasteiger partial charge in [-0.15, -0.1) is 0 Å². The van der Waals surface area contributed by atoms with Gasteiger partial charge in [-0.1, -0.05) is 24.3 Å². The summed E-state index contributed by atoms with van der Waals surface area (Å²) in [6.45, 7) is 6.50. The molecule has 0 radical (unpaired) electrons. The third-order valence-electron chi connectivity index (χ3n) is 7.10. The summed E-state index contributed by atoms with van der Waals surface area (Å²) in [7, 11) is 0. The van der Waals surface area contributed by atoms with E-state index in [1.807, 2.05) is 51.2 Å². The van der Waals surface area contributed by atoms with Gasteiger partial charge in [0.05, 0.1) is 30.7 Å². The van der Waals surface area contributed by atoms with Crippen molar-refractivity contribution in [2.45, 2.75) is 75.8 Å². The second-order valence-corrected chi connectivity index (χ2v) is 9.91. The van der Waals surface area contributed by atoms with E-state index in [4.69, 9.17) is 14.2 Å². The predicted molar refractivity (Wildman–Crippen MR) is 126 cm³/mol. The number of nitrogens with zero attached hydrogens (tertiary/aromatic N) is 2. The maximum Gasteiger partial charge on any atom is 0.229 e. The van der Waals surface area contributed by atoms with E-state index in [0.717, 1.165) is 28.8 Å². The van der Waals surface area contributed by atoms with Gasteiger partial charge in [-0.2, -0.15) is 5.26 Å². The zero-order valence-electron chi connectivity index (χ0n) is 20.3. The molecule has 2 aliphatic heterocycles. The van der Waals surface area contributed by atoms with Crippen LogP contribution in [0.1, 0.15) is 48.7 Å².